The number of nitrogens with zero attached hydrogens (tertiary/aromatic N) is 1. The van der Waals surface area contributed by atoms with Gasteiger partial charge in [-0.05, 0) is 23.3 Å². The van der Waals surface area contributed by atoms with Gasteiger partial charge in [0.1, 0.15) is 0 Å². The minimum atomic E-state index is -0.448. The molecule has 0 atom stereocenters. The Hall–Kier alpha value is -2.17. The molecule has 2 rings (SSSR count). The molecule has 0 saturated heterocycles. The normalized spacial score (nSPS) is 14.0. The number of nitrogens with one attached hydrogen (secondary N) is 1. The first kappa shape index (κ1) is 9.39. The number of amides is 1. The van der Waals surface area contributed by atoms with E-state index in [1.54, 1.807) is 12.1 Å². The van der Waals surface area contributed by atoms with E-state index >= 15 is 0 Å². The fourth-order valence-corrected chi connectivity index (χ4v) is 1.43. The summed E-state index contributed by atoms with van der Waals surface area (Å²) >= 11 is 0. The van der Waals surface area contributed by atoms with Gasteiger partial charge in [-0.1, -0.05) is 0 Å². The molecule has 1 aliphatic rings. The third kappa shape index (κ3) is 1.85. The molecule has 1 aromatic rings. The highest BCUT2D eigenvalue weighted by Gasteiger charge is 2.12. The number of non-ortho nitro benzene ring substituents is 1. The number of nitro benzene ring substituents is 1. The zero-order chi connectivity index (χ0) is 10.8. The number of fused-ring (bicyclic) bond motifs is 1. The van der Waals surface area contributed by atoms with Gasteiger partial charge in [0.15, 0.2) is 0 Å². The second-order valence-electron chi connectivity index (χ2n) is 3.19. The molecule has 0 unspecified atom stereocenters. The van der Waals surface area contributed by atoms with Crippen LogP contribution in [-0.4, -0.2) is 10.8 Å². The van der Waals surface area contributed by atoms with Crippen LogP contribution in [0, 0.1) is 10.1 Å². The molecule has 1 aromatic carbocycles. The summed E-state index contributed by atoms with van der Waals surface area (Å²) in [5, 5.41) is 13.2. The van der Waals surface area contributed by atoms with Crippen molar-refractivity contribution in [2.75, 3.05) is 0 Å². The third-order valence-electron chi connectivity index (χ3n) is 2.20. The van der Waals surface area contributed by atoms with Crippen molar-refractivity contribution in [1.29, 1.82) is 0 Å². The second kappa shape index (κ2) is 3.53. The molecule has 0 aromatic heterocycles. The van der Waals surface area contributed by atoms with Crippen molar-refractivity contribution >= 4 is 17.7 Å². The first-order valence-corrected chi connectivity index (χ1v) is 4.40. The van der Waals surface area contributed by atoms with Gasteiger partial charge in [-0.25, -0.2) is 0 Å². The summed E-state index contributed by atoms with van der Waals surface area (Å²) < 4.78 is 0. The lowest BCUT2D eigenvalue weighted by atomic mass is 10.1. The Kier molecular flexibility index (Phi) is 2.21. The lowest BCUT2D eigenvalue weighted by Gasteiger charge is -2.03. The number of hydrogen-bond donors (Lipinski definition) is 1. The van der Waals surface area contributed by atoms with Gasteiger partial charge >= 0.3 is 0 Å². The van der Waals surface area contributed by atoms with Crippen LogP contribution in [0.2, 0.25) is 0 Å². The number of nitro groups is 1. The average molecular weight is 204 g/mol. The van der Waals surface area contributed by atoms with E-state index in [0.29, 0.717) is 6.54 Å². The lowest BCUT2D eigenvalue weighted by Crippen LogP contribution is -2.18. The average Bonchev–Trinajstić information content (AvgIpc) is 2.40. The van der Waals surface area contributed by atoms with Crippen LogP contribution in [0.3, 0.4) is 0 Å². The van der Waals surface area contributed by atoms with E-state index in [-0.39, 0.29) is 11.6 Å². The van der Waals surface area contributed by atoms with Gasteiger partial charge in [-0.2, -0.15) is 0 Å². The molecule has 0 saturated carbocycles. The Bertz CT molecular complexity index is 466. The molecule has 76 valence electrons. The maximum absolute atomic E-state index is 11.0. The molecule has 15 heavy (non-hydrogen) atoms. The van der Waals surface area contributed by atoms with Crippen molar-refractivity contribution in [3.05, 3.63) is 45.5 Å². The van der Waals surface area contributed by atoms with E-state index in [0.717, 1.165) is 11.1 Å². The number of rotatable bonds is 1. The van der Waals surface area contributed by atoms with E-state index in [1.807, 2.05) is 0 Å². The van der Waals surface area contributed by atoms with Crippen molar-refractivity contribution in [3.63, 3.8) is 0 Å². The molecule has 1 N–H and O–H groups in total. The Morgan fingerprint density at radius 1 is 1.33 bits per heavy atom. The van der Waals surface area contributed by atoms with Crippen molar-refractivity contribution in [3.8, 4) is 0 Å². The summed E-state index contributed by atoms with van der Waals surface area (Å²) in [5.74, 6) is -0.186. The Morgan fingerprint density at radius 3 is 2.87 bits per heavy atom. The van der Waals surface area contributed by atoms with Crippen LogP contribution in [-0.2, 0) is 11.3 Å². The molecular weight excluding hydrogens is 196 g/mol. The third-order valence-corrected chi connectivity index (χ3v) is 2.20. The minimum Gasteiger partial charge on any atom is -0.348 e. The van der Waals surface area contributed by atoms with Gasteiger partial charge in [-0.15, -0.1) is 0 Å². The van der Waals surface area contributed by atoms with Crippen LogP contribution >= 0.6 is 0 Å². The fraction of sp³-hybridized carbons (Fsp3) is 0.100. The Balaban J connectivity index is 2.44. The maximum Gasteiger partial charge on any atom is 0.269 e. The zero-order valence-corrected chi connectivity index (χ0v) is 7.77. The molecule has 5 nitrogen and oxygen atoms in total. The lowest BCUT2D eigenvalue weighted by molar-refractivity contribution is -0.384. The van der Waals surface area contributed by atoms with E-state index < -0.39 is 4.92 Å². The van der Waals surface area contributed by atoms with Crippen LogP contribution < -0.4 is 5.32 Å². The predicted octanol–water partition coefficient (Wildman–Crippen LogP) is 1.24. The SMILES string of the molecule is O=C1C=Cc2ccc([N+](=O)[O-])cc2CN1. The number of carbonyl (C=O) groups is 1. The molecule has 0 bridgehead atoms. The highest BCUT2D eigenvalue weighted by molar-refractivity contribution is 5.93. The summed E-state index contributed by atoms with van der Waals surface area (Å²) in [6.07, 6.45) is 3.07. The molecule has 0 radical (unpaired) electrons. The van der Waals surface area contributed by atoms with E-state index in [1.165, 1.54) is 18.2 Å². The molecule has 0 aliphatic carbocycles. The van der Waals surface area contributed by atoms with E-state index in [9.17, 15) is 14.9 Å². The van der Waals surface area contributed by atoms with Gasteiger partial charge < -0.3 is 5.32 Å². The first-order valence-electron chi connectivity index (χ1n) is 4.40. The molecule has 0 spiro atoms. The summed E-state index contributed by atoms with van der Waals surface area (Å²) in [7, 11) is 0. The highest BCUT2D eigenvalue weighted by atomic mass is 16.6. The van der Waals surface area contributed by atoms with Gasteiger partial charge in [0.2, 0.25) is 5.91 Å². The minimum absolute atomic E-state index is 0.0401. The molecule has 0 fully saturated rings. The van der Waals surface area contributed by atoms with Crippen LogP contribution in [0.4, 0.5) is 5.69 Å². The number of carbonyl (C=O) groups excluding carboxylic acids is 1. The van der Waals surface area contributed by atoms with Gasteiger partial charge in [-0.3, -0.25) is 14.9 Å². The molecule has 5 heteroatoms. The standard InChI is InChI=1S/C10H8N2O3/c13-10-4-2-7-1-3-9(12(14)15)5-8(7)6-11-10/h1-5H,6H2,(H,11,13). The maximum atomic E-state index is 11.0. The summed E-state index contributed by atoms with van der Waals surface area (Å²) in [4.78, 5) is 21.1. The molecule has 1 heterocycles. The van der Waals surface area contributed by atoms with Crippen LogP contribution in [0.15, 0.2) is 24.3 Å². The van der Waals surface area contributed by atoms with Gasteiger partial charge in [0, 0.05) is 24.8 Å². The quantitative estimate of drug-likeness (QED) is 0.552. The fourth-order valence-electron chi connectivity index (χ4n) is 1.43. The predicted molar refractivity (Wildman–Crippen MR) is 54.0 cm³/mol. The summed E-state index contributed by atoms with van der Waals surface area (Å²) in [5.41, 5.74) is 1.63. The largest absolute Gasteiger partial charge is 0.348 e. The van der Waals surface area contributed by atoms with E-state index in [2.05, 4.69) is 5.32 Å². The topological polar surface area (TPSA) is 72.2 Å². The van der Waals surface area contributed by atoms with E-state index in [4.69, 9.17) is 0 Å². The van der Waals surface area contributed by atoms with Gasteiger partial charge in [0.05, 0.1) is 4.92 Å². The molecular formula is C10H8N2O3. The molecule has 1 amide bonds. The van der Waals surface area contributed by atoms with Gasteiger partial charge in [0.25, 0.3) is 5.69 Å². The van der Waals surface area contributed by atoms with Crippen molar-refractivity contribution in [2.24, 2.45) is 0 Å². The van der Waals surface area contributed by atoms with Crippen LogP contribution in [0.25, 0.3) is 6.08 Å². The second-order valence-corrected chi connectivity index (χ2v) is 3.19. The number of benzene rings is 1. The van der Waals surface area contributed by atoms with Crippen molar-refractivity contribution < 1.29 is 9.72 Å². The van der Waals surface area contributed by atoms with Crippen molar-refractivity contribution in [1.82, 2.24) is 5.32 Å². The first-order chi connectivity index (χ1) is 7.16. The van der Waals surface area contributed by atoms with Crippen LogP contribution in [0.5, 0.6) is 0 Å². The highest BCUT2D eigenvalue weighted by Crippen LogP contribution is 2.20. The summed E-state index contributed by atoms with van der Waals surface area (Å²) in [6.45, 7) is 0.322. The zero-order valence-electron chi connectivity index (χ0n) is 7.77. The smallest absolute Gasteiger partial charge is 0.269 e. The van der Waals surface area contributed by atoms with Crippen LogP contribution in [0.1, 0.15) is 11.1 Å². The Labute approximate surface area is 85.6 Å². The van der Waals surface area contributed by atoms with Crippen molar-refractivity contribution in [2.45, 2.75) is 6.54 Å². The molecule has 1 aliphatic heterocycles. The Morgan fingerprint density at radius 2 is 2.13 bits per heavy atom. The number of hydrogen-bond acceptors (Lipinski definition) is 3. The monoisotopic (exact) mass is 204 g/mol. The summed E-state index contributed by atoms with van der Waals surface area (Å²) in [6, 6.07) is 4.55.